The maximum absolute atomic E-state index is 12.9. The van der Waals surface area contributed by atoms with Gasteiger partial charge in [-0.05, 0) is 51.7 Å². The van der Waals surface area contributed by atoms with Gasteiger partial charge in [-0.3, -0.25) is 4.79 Å². The number of nitrogens with two attached hydrogens (primary N) is 1. The molecule has 1 aromatic heterocycles. The van der Waals surface area contributed by atoms with Gasteiger partial charge in [0.2, 0.25) is 0 Å². The fourth-order valence-electron chi connectivity index (χ4n) is 3.20. The molecule has 2 aromatic rings. The van der Waals surface area contributed by atoms with Crippen molar-refractivity contribution in [1.29, 1.82) is 0 Å². The van der Waals surface area contributed by atoms with Crippen LogP contribution in [0.1, 0.15) is 47.1 Å². The number of aromatic nitrogens is 2. The SMILES string of the molecule is Cc1ccc(-n2nc(C(=O)N(C)C(C)CN)c3c2CCCC3)cc1. The van der Waals surface area contributed by atoms with Gasteiger partial charge in [0.1, 0.15) is 0 Å². The van der Waals surface area contributed by atoms with Crippen LogP contribution in [0.4, 0.5) is 0 Å². The molecule has 0 fully saturated rings. The van der Waals surface area contributed by atoms with Crippen LogP contribution in [0.25, 0.3) is 5.69 Å². The van der Waals surface area contributed by atoms with E-state index in [1.54, 1.807) is 11.9 Å². The Morgan fingerprint density at radius 3 is 2.62 bits per heavy atom. The summed E-state index contributed by atoms with van der Waals surface area (Å²) in [6.07, 6.45) is 4.16. The summed E-state index contributed by atoms with van der Waals surface area (Å²) in [4.78, 5) is 14.6. The summed E-state index contributed by atoms with van der Waals surface area (Å²) < 4.78 is 1.96. The van der Waals surface area contributed by atoms with Crippen LogP contribution in [0.15, 0.2) is 24.3 Å². The number of aryl methyl sites for hydroxylation is 1. The Morgan fingerprint density at radius 1 is 1.29 bits per heavy atom. The maximum atomic E-state index is 12.9. The molecule has 1 aromatic carbocycles. The van der Waals surface area contributed by atoms with E-state index in [1.165, 1.54) is 11.3 Å². The maximum Gasteiger partial charge on any atom is 0.274 e. The standard InChI is InChI=1S/C19H26N4O/c1-13-8-10-15(11-9-13)23-17-7-5-4-6-16(17)18(21-23)19(24)22(3)14(2)12-20/h8-11,14H,4-7,12,20H2,1-3H3. The Labute approximate surface area is 143 Å². The van der Waals surface area contributed by atoms with E-state index in [4.69, 9.17) is 10.8 Å². The van der Waals surface area contributed by atoms with Gasteiger partial charge >= 0.3 is 0 Å². The molecule has 0 saturated carbocycles. The number of fused-ring (bicyclic) bond motifs is 1. The van der Waals surface area contributed by atoms with Crippen molar-refractivity contribution in [3.8, 4) is 5.69 Å². The van der Waals surface area contributed by atoms with Crippen LogP contribution in [0.5, 0.6) is 0 Å². The number of hydrogen-bond acceptors (Lipinski definition) is 3. The molecule has 2 N–H and O–H groups in total. The van der Waals surface area contributed by atoms with Crippen molar-refractivity contribution in [3.63, 3.8) is 0 Å². The summed E-state index contributed by atoms with van der Waals surface area (Å²) in [5.74, 6) is -0.0306. The Morgan fingerprint density at radius 2 is 1.96 bits per heavy atom. The molecule has 0 aliphatic heterocycles. The molecule has 0 bridgehead atoms. The third-order valence-corrected chi connectivity index (χ3v) is 4.98. The van der Waals surface area contributed by atoms with E-state index in [0.29, 0.717) is 12.2 Å². The van der Waals surface area contributed by atoms with Crippen LogP contribution in [0.2, 0.25) is 0 Å². The van der Waals surface area contributed by atoms with E-state index in [2.05, 4.69) is 31.2 Å². The molecule has 1 amide bonds. The number of hydrogen-bond donors (Lipinski definition) is 1. The molecule has 0 radical (unpaired) electrons. The van der Waals surface area contributed by atoms with Crippen molar-refractivity contribution in [1.82, 2.24) is 14.7 Å². The van der Waals surface area contributed by atoms with Crippen molar-refractivity contribution < 1.29 is 4.79 Å². The van der Waals surface area contributed by atoms with Crippen LogP contribution < -0.4 is 5.73 Å². The average molecular weight is 326 g/mol. The van der Waals surface area contributed by atoms with Gasteiger partial charge in [0.25, 0.3) is 5.91 Å². The Balaban J connectivity index is 2.05. The van der Waals surface area contributed by atoms with Gasteiger partial charge in [0.05, 0.1) is 5.69 Å². The van der Waals surface area contributed by atoms with Crippen LogP contribution in [-0.4, -0.2) is 40.2 Å². The summed E-state index contributed by atoms with van der Waals surface area (Å²) in [5, 5.41) is 4.71. The largest absolute Gasteiger partial charge is 0.336 e. The normalized spacial score (nSPS) is 15.0. The Kier molecular flexibility index (Phi) is 4.71. The zero-order valence-corrected chi connectivity index (χ0v) is 14.7. The van der Waals surface area contributed by atoms with Crippen molar-refractivity contribution in [2.75, 3.05) is 13.6 Å². The minimum absolute atomic E-state index is 0.00117. The summed E-state index contributed by atoms with van der Waals surface area (Å²) in [6.45, 7) is 4.48. The molecule has 3 rings (SSSR count). The van der Waals surface area contributed by atoms with E-state index in [0.717, 1.165) is 36.9 Å². The summed E-state index contributed by atoms with van der Waals surface area (Å²) >= 11 is 0. The number of nitrogens with zero attached hydrogens (tertiary/aromatic N) is 3. The van der Waals surface area contributed by atoms with Crippen molar-refractivity contribution in [3.05, 3.63) is 46.8 Å². The topological polar surface area (TPSA) is 64.2 Å². The third-order valence-electron chi connectivity index (χ3n) is 4.98. The fraction of sp³-hybridized carbons (Fsp3) is 0.474. The second-order valence-electron chi connectivity index (χ2n) is 6.73. The molecule has 1 atom stereocenters. The van der Waals surface area contributed by atoms with Crippen LogP contribution in [0, 0.1) is 6.92 Å². The Bertz CT molecular complexity index is 733. The number of benzene rings is 1. The second-order valence-corrected chi connectivity index (χ2v) is 6.73. The minimum atomic E-state index is -0.0306. The molecule has 1 heterocycles. The number of carbonyl (C=O) groups is 1. The monoisotopic (exact) mass is 326 g/mol. The van der Waals surface area contributed by atoms with Crippen molar-refractivity contribution in [2.45, 2.75) is 45.6 Å². The van der Waals surface area contributed by atoms with Gasteiger partial charge in [-0.25, -0.2) is 4.68 Å². The van der Waals surface area contributed by atoms with E-state index >= 15 is 0 Å². The molecule has 1 unspecified atom stereocenters. The Hall–Kier alpha value is -2.14. The number of likely N-dealkylation sites (N-methyl/N-ethyl adjacent to an activating group) is 1. The van der Waals surface area contributed by atoms with E-state index in [9.17, 15) is 4.79 Å². The van der Waals surface area contributed by atoms with Gasteiger partial charge in [-0.2, -0.15) is 5.10 Å². The van der Waals surface area contributed by atoms with Crippen LogP contribution in [-0.2, 0) is 12.8 Å². The fourth-order valence-corrected chi connectivity index (χ4v) is 3.20. The van der Waals surface area contributed by atoms with Crippen LogP contribution in [0.3, 0.4) is 0 Å². The molecule has 128 valence electrons. The lowest BCUT2D eigenvalue weighted by atomic mass is 9.95. The third kappa shape index (κ3) is 2.96. The highest BCUT2D eigenvalue weighted by molar-refractivity contribution is 5.94. The predicted molar refractivity (Wildman–Crippen MR) is 95.6 cm³/mol. The quantitative estimate of drug-likeness (QED) is 0.939. The number of rotatable bonds is 4. The molecule has 5 heteroatoms. The first-order valence-corrected chi connectivity index (χ1v) is 8.68. The first-order valence-electron chi connectivity index (χ1n) is 8.68. The van der Waals surface area contributed by atoms with Gasteiger partial charge in [0.15, 0.2) is 5.69 Å². The second kappa shape index (κ2) is 6.77. The van der Waals surface area contributed by atoms with E-state index in [1.807, 2.05) is 11.6 Å². The first-order chi connectivity index (χ1) is 11.5. The molecular formula is C19H26N4O. The lowest BCUT2D eigenvalue weighted by Gasteiger charge is -2.23. The highest BCUT2D eigenvalue weighted by Gasteiger charge is 2.28. The van der Waals surface area contributed by atoms with Gasteiger partial charge in [-0.1, -0.05) is 17.7 Å². The lowest BCUT2D eigenvalue weighted by Crippen LogP contribution is -2.40. The molecule has 0 saturated heterocycles. The molecule has 5 nitrogen and oxygen atoms in total. The predicted octanol–water partition coefficient (Wildman–Crippen LogP) is 2.48. The summed E-state index contributed by atoms with van der Waals surface area (Å²) in [6, 6.07) is 8.29. The highest BCUT2D eigenvalue weighted by atomic mass is 16.2. The average Bonchev–Trinajstić information content (AvgIpc) is 3.00. The molecular weight excluding hydrogens is 300 g/mol. The van der Waals surface area contributed by atoms with Gasteiger partial charge < -0.3 is 10.6 Å². The molecule has 1 aliphatic carbocycles. The highest BCUT2D eigenvalue weighted by Crippen LogP contribution is 2.28. The first kappa shape index (κ1) is 16.7. The molecule has 0 spiro atoms. The number of carbonyl (C=O) groups excluding carboxylic acids is 1. The minimum Gasteiger partial charge on any atom is -0.336 e. The number of amides is 1. The van der Waals surface area contributed by atoms with E-state index in [-0.39, 0.29) is 11.9 Å². The molecule has 24 heavy (non-hydrogen) atoms. The lowest BCUT2D eigenvalue weighted by molar-refractivity contribution is 0.0741. The zero-order valence-electron chi connectivity index (χ0n) is 14.7. The smallest absolute Gasteiger partial charge is 0.274 e. The van der Waals surface area contributed by atoms with Crippen LogP contribution >= 0.6 is 0 Å². The van der Waals surface area contributed by atoms with Gasteiger partial charge in [0, 0.05) is 30.9 Å². The molecule has 1 aliphatic rings. The van der Waals surface area contributed by atoms with Crippen molar-refractivity contribution in [2.24, 2.45) is 5.73 Å². The van der Waals surface area contributed by atoms with E-state index < -0.39 is 0 Å². The van der Waals surface area contributed by atoms with Gasteiger partial charge in [-0.15, -0.1) is 0 Å². The summed E-state index contributed by atoms with van der Waals surface area (Å²) in [5.41, 5.74) is 10.8. The summed E-state index contributed by atoms with van der Waals surface area (Å²) in [7, 11) is 1.81. The zero-order chi connectivity index (χ0) is 17.3. The van der Waals surface area contributed by atoms with Crippen molar-refractivity contribution >= 4 is 5.91 Å².